The molecule has 0 aliphatic heterocycles. The van der Waals surface area contributed by atoms with Gasteiger partial charge in [0, 0.05) is 12.2 Å². The van der Waals surface area contributed by atoms with Gasteiger partial charge in [-0.15, -0.1) is 0 Å². The summed E-state index contributed by atoms with van der Waals surface area (Å²) in [6, 6.07) is 1.75. The number of carboxylic acid groups (broad SMARTS) is 1. The minimum absolute atomic E-state index is 0.208. The summed E-state index contributed by atoms with van der Waals surface area (Å²) in [6.07, 6.45) is 6.94. The van der Waals surface area contributed by atoms with Crippen molar-refractivity contribution >= 4 is 11.9 Å². The van der Waals surface area contributed by atoms with Crippen LogP contribution in [0.25, 0.3) is 0 Å². The lowest BCUT2D eigenvalue weighted by Crippen LogP contribution is -2.37. The van der Waals surface area contributed by atoms with E-state index in [9.17, 15) is 9.59 Å². The van der Waals surface area contributed by atoms with E-state index in [-0.39, 0.29) is 18.5 Å². The number of rotatable bonds is 4. The molecule has 6 nitrogen and oxygen atoms in total. The van der Waals surface area contributed by atoms with E-state index in [0.29, 0.717) is 5.69 Å². The highest BCUT2D eigenvalue weighted by Gasteiger charge is 2.19. The molecular formula is C12H17N3O3. The topological polar surface area (TPSA) is 84.2 Å². The van der Waals surface area contributed by atoms with Crippen LogP contribution in [-0.4, -0.2) is 32.8 Å². The van der Waals surface area contributed by atoms with E-state index in [1.807, 2.05) is 0 Å². The molecule has 1 aromatic heterocycles. The van der Waals surface area contributed by atoms with Crippen molar-refractivity contribution in [1.82, 2.24) is 15.1 Å². The maximum atomic E-state index is 12.0. The van der Waals surface area contributed by atoms with E-state index in [1.165, 1.54) is 17.3 Å². The second-order valence-electron chi connectivity index (χ2n) is 4.58. The number of aromatic nitrogens is 2. The number of carbonyl (C=O) groups is 2. The summed E-state index contributed by atoms with van der Waals surface area (Å²) in [5, 5.41) is 15.5. The summed E-state index contributed by atoms with van der Waals surface area (Å²) in [6.45, 7) is -0.291. The quantitative estimate of drug-likeness (QED) is 0.837. The van der Waals surface area contributed by atoms with Crippen LogP contribution in [0.3, 0.4) is 0 Å². The van der Waals surface area contributed by atoms with Crippen molar-refractivity contribution in [3.05, 3.63) is 18.0 Å². The van der Waals surface area contributed by atoms with Gasteiger partial charge in [0.1, 0.15) is 12.2 Å². The number of carbonyl (C=O) groups excluding carboxylic acids is 1. The van der Waals surface area contributed by atoms with Gasteiger partial charge >= 0.3 is 5.97 Å². The Morgan fingerprint density at radius 1 is 1.39 bits per heavy atom. The molecule has 0 spiro atoms. The molecule has 1 aromatic rings. The number of hydrogen-bond acceptors (Lipinski definition) is 3. The molecular weight excluding hydrogens is 234 g/mol. The monoisotopic (exact) mass is 251 g/mol. The molecule has 1 fully saturated rings. The van der Waals surface area contributed by atoms with Gasteiger partial charge < -0.3 is 10.4 Å². The maximum Gasteiger partial charge on any atom is 0.325 e. The molecule has 18 heavy (non-hydrogen) atoms. The number of carboxylic acids is 1. The summed E-state index contributed by atoms with van der Waals surface area (Å²) in [5.41, 5.74) is 0.308. The van der Waals surface area contributed by atoms with Gasteiger partial charge in [-0.1, -0.05) is 19.3 Å². The van der Waals surface area contributed by atoms with Crippen LogP contribution in [0.1, 0.15) is 42.6 Å². The Labute approximate surface area is 105 Å². The molecule has 2 rings (SSSR count). The van der Waals surface area contributed by atoms with E-state index >= 15 is 0 Å². The first kappa shape index (κ1) is 12.6. The largest absolute Gasteiger partial charge is 0.480 e. The van der Waals surface area contributed by atoms with Crippen LogP contribution in [0.2, 0.25) is 0 Å². The fourth-order valence-electron chi connectivity index (χ4n) is 2.29. The lowest BCUT2D eigenvalue weighted by molar-refractivity contribution is -0.137. The normalized spacial score (nSPS) is 16.4. The van der Waals surface area contributed by atoms with E-state index in [1.54, 1.807) is 6.07 Å². The number of amides is 1. The van der Waals surface area contributed by atoms with Crippen molar-refractivity contribution in [2.24, 2.45) is 0 Å². The fourth-order valence-corrected chi connectivity index (χ4v) is 2.29. The fraction of sp³-hybridized carbons (Fsp3) is 0.583. The Morgan fingerprint density at radius 3 is 2.78 bits per heavy atom. The zero-order valence-electron chi connectivity index (χ0n) is 10.1. The molecule has 1 saturated carbocycles. The summed E-state index contributed by atoms with van der Waals surface area (Å²) < 4.78 is 1.21. The van der Waals surface area contributed by atoms with Crippen LogP contribution in [-0.2, 0) is 11.3 Å². The van der Waals surface area contributed by atoms with Gasteiger partial charge in [-0.05, 0) is 18.9 Å². The van der Waals surface area contributed by atoms with E-state index < -0.39 is 5.97 Å². The Kier molecular flexibility index (Phi) is 3.96. The summed E-state index contributed by atoms with van der Waals surface area (Å²) in [7, 11) is 0. The van der Waals surface area contributed by atoms with Gasteiger partial charge in [-0.25, -0.2) is 4.68 Å². The summed E-state index contributed by atoms with van der Waals surface area (Å²) in [4.78, 5) is 22.7. The van der Waals surface area contributed by atoms with Crippen LogP contribution >= 0.6 is 0 Å². The van der Waals surface area contributed by atoms with Crippen LogP contribution in [0.5, 0.6) is 0 Å². The van der Waals surface area contributed by atoms with Crippen LogP contribution < -0.4 is 5.32 Å². The molecule has 0 bridgehead atoms. The molecule has 0 unspecified atom stereocenters. The number of nitrogens with zero attached hydrogens (tertiary/aromatic N) is 2. The Bertz CT molecular complexity index is 436. The zero-order valence-corrected chi connectivity index (χ0v) is 10.1. The SMILES string of the molecule is O=C(O)Cn1nccc1C(=O)NC1CCCCC1. The van der Waals surface area contributed by atoms with Crippen molar-refractivity contribution in [3.63, 3.8) is 0 Å². The maximum absolute atomic E-state index is 12.0. The Morgan fingerprint density at radius 2 is 2.11 bits per heavy atom. The summed E-state index contributed by atoms with van der Waals surface area (Å²) >= 11 is 0. The molecule has 1 aliphatic carbocycles. The van der Waals surface area contributed by atoms with Gasteiger partial charge in [-0.2, -0.15) is 5.10 Å². The smallest absolute Gasteiger partial charge is 0.325 e. The van der Waals surface area contributed by atoms with E-state index in [0.717, 1.165) is 25.7 Å². The third-order valence-corrected chi connectivity index (χ3v) is 3.17. The van der Waals surface area contributed by atoms with Gasteiger partial charge in [0.15, 0.2) is 0 Å². The van der Waals surface area contributed by atoms with Crippen molar-refractivity contribution < 1.29 is 14.7 Å². The number of nitrogens with one attached hydrogen (secondary N) is 1. The number of hydrogen-bond donors (Lipinski definition) is 2. The highest BCUT2D eigenvalue weighted by Crippen LogP contribution is 2.17. The lowest BCUT2D eigenvalue weighted by atomic mass is 9.95. The predicted octanol–water partition coefficient (Wildman–Crippen LogP) is 1.03. The van der Waals surface area contributed by atoms with Crippen molar-refractivity contribution in [2.75, 3.05) is 0 Å². The first-order chi connectivity index (χ1) is 8.66. The summed E-state index contributed by atoms with van der Waals surface area (Å²) in [5.74, 6) is -1.24. The standard InChI is InChI=1S/C12H17N3O3/c16-11(17)8-15-10(6-7-13-15)12(18)14-9-4-2-1-3-5-9/h6-7,9H,1-5,8H2,(H,14,18)(H,16,17). The third kappa shape index (κ3) is 3.09. The van der Waals surface area contributed by atoms with Crippen molar-refractivity contribution in [2.45, 2.75) is 44.7 Å². The second kappa shape index (κ2) is 5.66. The van der Waals surface area contributed by atoms with Crippen LogP contribution in [0, 0.1) is 0 Å². The number of aliphatic carboxylic acids is 1. The molecule has 98 valence electrons. The Hall–Kier alpha value is -1.85. The van der Waals surface area contributed by atoms with E-state index in [4.69, 9.17) is 5.11 Å². The van der Waals surface area contributed by atoms with Crippen LogP contribution in [0.15, 0.2) is 12.3 Å². The highest BCUT2D eigenvalue weighted by atomic mass is 16.4. The van der Waals surface area contributed by atoms with Crippen molar-refractivity contribution in [3.8, 4) is 0 Å². The lowest BCUT2D eigenvalue weighted by Gasteiger charge is -2.22. The van der Waals surface area contributed by atoms with Gasteiger partial charge in [0.05, 0.1) is 0 Å². The van der Waals surface area contributed by atoms with Gasteiger partial charge in [0.25, 0.3) is 5.91 Å². The molecule has 2 N–H and O–H groups in total. The average Bonchev–Trinajstić information content (AvgIpc) is 2.77. The minimum atomic E-state index is -1.01. The molecule has 0 atom stereocenters. The van der Waals surface area contributed by atoms with Gasteiger partial charge in [-0.3, -0.25) is 9.59 Å². The zero-order chi connectivity index (χ0) is 13.0. The third-order valence-electron chi connectivity index (χ3n) is 3.17. The molecule has 0 radical (unpaired) electrons. The van der Waals surface area contributed by atoms with Gasteiger partial charge in [0.2, 0.25) is 0 Å². The molecule has 0 saturated heterocycles. The van der Waals surface area contributed by atoms with Crippen LogP contribution in [0.4, 0.5) is 0 Å². The first-order valence-electron chi connectivity index (χ1n) is 6.21. The average molecular weight is 251 g/mol. The predicted molar refractivity (Wildman–Crippen MR) is 64.2 cm³/mol. The first-order valence-corrected chi connectivity index (χ1v) is 6.21. The highest BCUT2D eigenvalue weighted by molar-refractivity contribution is 5.93. The molecule has 6 heteroatoms. The second-order valence-corrected chi connectivity index (χ2v) is 4.58. The molecule has 0 aromatic carbocycles. The van der Waals surface area contributed by atoms with E-state index in [2.05, 4.69) is 10.4 Å². The van der Waals surface area contributed by atoms with Crippen molar-refractivity contribution in [1.29, 1.82) is 0 Å². The minimum Gasteiger partial charge on any atom is -0.480 e. The Balaban J connectivity index is 1.99. The molecule has 1 heterocycles. The molecule has 1 amide bonds. The molecule has 1 aliphatic rings.